The van der Waals surface area contributed by atoms with Crippen molar-refractivity contribution in [1.29, 1.82) is 0 Å². The Bertz CT molecular complexity index is 557. The van der Waals surface area contributed by atoms with Crippen LogP contribution >= 0.6 is 0 Å². The first-order valence-corrected chi connectivity index (χ1v) is 9.38. The summed E-state index contributed by atoms with van der Waals surface area (Å²) in [5, 5.41) is 3.98. The maximum absolute atomic E-state index is 12.7. The normalized spacial score (nSPS) is 25.1. The molecule has 6 nitrogen and oxygen atoms in total. The van der Waals surface area contributed by atoms with Crippen LogP contribution in [0.5, 0.6) is 0 Å². The molecule has 3 heterocycles. The molecule has 6 heteroatoms. The molecule has 0 unspecified atom stereocenters. The van der Waals surface area contributed by atoms with E-state index in [1.165, 1.54) is 19.4 Å². The molecule has 0 radical (unpaired) electrons. The zero-order valence-corrected chi connectivity index (χ0v) is 15.2. The Morgan fingerprint density at radius 1 is 1.25 bits per heavy atom. The lowest BCUT2D eigenvalue weighted by molar-refractivity contribution is -0.133. The molecule has 2 aliphatic rings. The molecule has 0 N–H and O–H groups in total. The summed E-state index contributed by atoms with van der Waals surface area (Å²) in [6.07, 6.45) is 6.83. The zero-order valence-electron chi connectivity index (χ0n) is 15.2. The van der Waals surface area contributed by atoms with Gasteiger partial charge in [0.2, 0.25) is 11.8 Å². The molecule has 0 aromatic carbocycles. The molecular weight excluding hydrogens is 304 g/mol. The minimum Gasteiger partial charge on any atom is -0.339 e. The largest absolute Gasteiger partial charge is 0.339 e. The molecule has 1 amide bonds. The Morgan fingerprint density at radius 2 is 2.00 bits per heavy atom. The van der Waals surface area contributed by atoms with Gasteiger partial charge in [-0.25, -0.2) is 0 Å². The Labute approximate surface area is 144 Å². The highest BCUT2D eigenvalue weighted by atomic mass is 16.5. The number of carbonyl (C=O) groups is 1. The van der Waals surface area contributed by atoms with Gasteiger partial charge in [-0.1, -0.05) is 19.0 Å². The van der Waals surface area contributed by atoms with Crippen molar-refractivity contribution in [2.24, 2.45) is 0 Å². The molecule has 134 valence electrons. The highest BCUT2D eigenvalue weighted by Crippen LogP contribution is 2.29. The highest BCUT2D eigenvalue weighted by Gasteiger charge is 2.37. The van der Waals surface area contributed by atoms with Crippen molar-refractivity contribution in [1.82, 2.24) is 19.9 Å². The molecule has 0 saturated carbocycles. The van der Waals surface area contributed by atoms with Crippen LogP contribution in [0.25, 0.3) is 0 Å². The third kappa shape index (κ3) is 3.79. The standard InChI is InChI=1S/C18H30N4O2/c1-13(2)18-19-16(24-20-18)9-4-10-17(23)22-12-6-8-15(22)14-7-5-11-21(14)3/h13-15H,4-12H2,1-3H3/t14-,15-/m1/s1. The fourth-order valence-corrected chi connectivity index (χ4v) is 4.06. The van der Waals surface area contributed by atoms with Gasteiger partial charge >= 0.3 is 0 Å². The SMILES string of the molecule is CC(C)c1noc(CCCC(=O)N2CCC[C@@H]2[C@H]2CCCN2C)n1. The van der Waals surface area contributed by atoms with E-state index >= 15 is 0 Å². The maximum atomic E-state index is 12.7. The smallest absolute Gasteiger partial charge is 0.226 e. The molecule has 2 saturated heterocycles. The second kappa shape index (κ2) is 7.64. The molecule has 2 aliphatic heterocycles. The number of likely N-dealkylation sites (tertiary alicyclic amines) is 2. The third-order valence-corrected chi connectivity index (χ3v) is 5.42. The average molecular weight is 334 g/mol. The fourth-order valence-electron chi connectivity index (χ4n) is 4.06. The quantitative estimate of drug-likeness (QED) is 0.800. The number of amides is 1. The number of rotatable bonds is 6. The van der Waals surface area contributed by atoms with Gasteiger partial charge in [-0.2, -0.15) is 4.98 Å². The maximum Gasteiger partial charge on any atom is 0.226 e. The second-order valence-electron chi connectivity index (χ2n) is 7.54. The third-order valence-electron chi connectivity index (χ3n) is 5.42. The minimum atomic E-state index is 0.276. The van der Waals surface area contributed by atoms with Crippen molar-refractivity contribution in [2.75, 3.05) is 20.1 Å². The predicted octanol–water partition coefficient (Wildman–Crippen LogP) is 2.60. The van der Waals surface area contributed by atoms with Gasteiger partial charge in [-0.3, -0.25) is 4.79 Å². The summed E-state index contributed by atoms with van der Waals surface area (Å²) in [4.78, 5) is 21.6. The van der Waals surface area contributed by atoms with Gasteiger partial charge in [0.1, 0.15) is 0 Å². The summed E-state index contributed by atoms with van der Waals surface area (Å²) in [6.45, 7) is 6.18. The lowest BCUT2D eigenvalue weighted by atomic mass is 10.0. The van der Waals surface area contributed by atoms with E-state index in [9.17, 15) is 4.79 Å². The topological polar surface area (TPSA) is 62.5 Å². The summed E-state index contributed by atoms with van der Waals surface area (Å²) in [5.41, 5.74) is 0. The van der Waals surface area contributed by atoms with Gasteiger partial charge in [0.05, 0.1) is 0 Å². The van der Waals surface area contributed by atoms with Gasteiger partial charge in [-0.05, 0) is 45.7 Å². The monoisotopic (exact) mass is 334 g/mol. The molecule has 1 aromatic rings. The number of aromatic nitrogens is 2. The molecule has 2 fully saturated rings. The summed E-state index contributed by atoms with van der Waals surface area (Å²) in [7, 11) is 2.19. The molecule has 0 spiro atoms. The van der Waals surface area contributed by atoms with Crippen LogP contribution in [0.1, 0.15) is 70.0 Å². The van der Waals surface area contributed by atoms with E-state index in [0.717, 1.165) is 31.6 Å². The van der Waals surface area contributed by atoms with Gasteiger partial charge in [0.25, 0.3) is 0 Å². The summed E-state index contributed by atoms with van der Waals surface area (Å²) >= 11 is 0. The van der Waals surface area contributed by atoms with Crippen molar-refractivity contribution in [2.45, 2.75) is 76.8 Å². The van der Waals surface area contributed by atoms with Crippen LogP contribution in [0, 0.1) is 0 Å². The Kier molecular flexibility index (Phi) is 5.54. The average Bonchev–Trinajstić information content (AvgIpc) is 3.25. The van der Waals surface area contributed by atoms with Crippen LogP contribution in [0.3, 0.4) is 0 Å². The van der Waals surface area contributed by atoms with Crippen LogP contribution in [-0.2, 0) is 11.2 Å². The van der Waals surface area contributed by atoms with E-state index in [1.54, 1.807) is 0 Å². The van der Waals surface area contributed by atoms with Crippen LogP contribution in [0.4, 0.5) is 0 Å². The first-order valence-electron chi connectivity index (χ1n) is 9.38. The molecule has 3 rings (SSSR count). The predicted molar refractivity (Wildman–Crippen MR) is 91.7 cm³/mol. The lowest BCUT2D eigenvalue weighted by Crippen LogP contribution is -2.47. The van der Waals surface area contributed by atoms with Crippen LogP contribution in [0.2, 0.25) is 0 Å². The first-order chi connectivity index (χ1) is 11.6. The van der Waals surface area contributed by atoms with Crippen LogP contribution in [-0.4, -0.2) is 58.1 Å². The van der Waals surface area contributed by atoms with Crippen molar-refractivity contribution < 1.29 is 9.32 Å². The number of likely N-dealkylation sites (N-methyl/N-ethyl adjacent to an activating group) is 1. The van der Waals surface area contributed by atoms with Gasteiger partial charge in [0, 0.05) is 37.4 Å². The van der Waals surface area contributed by atoms with Gasteiger partial charge in [-0.15, -0.1) is 0 Å². The Hall–Kier alpha value is -1.43. The van der Waals surface area contributed by atoms with Gasteiger partial charge in [0.15, 0.2) is 5.82 Å². The second-order valence-corrected chi connectivity index (χ2v) is 7.54. The van der Waals surface area contributed by atoms with E-state index in [1.807, 2.05) is 13.8 Å². The number of hydrogen-bond donors (Lipinski definition) is 0. The molecule has 2 atom stereocenters. The zero-order chi connectivity index (χ0) is 17.1. The van der Waals surface area contributed by atoms with E-state index in [-0.39, 0.29) is 5.92 Å². The van der Waals surface area contributed by atoms with Gasteiger partial charge < -0.3 is 14.3 Å². The number of carbonyl (C=O) groups excluding carboxylic acids is 1. The van der Waals surface area contributed by atoms with Crippen LogP contribution < -0.4 is 0 Å². The van der Waals surface area contributed by atoms with E-state index in [4.69, 9.17) is 4.52 Å². The highest BCUT2D eigenvalue weighted by molar-refractivity contribution is 5.76. The Morgan fingerprint density at radius 3 is 2.67 bits per heavy atom. The molecule has 1 aromatic heterocycles. The Balaban J connectivity index is 1.48. The molecule has 0 bridgehead atoms. The summed E-state index contributed by atoms with van der Waals surface area (Å²) in [5.74, 6) is 1.97. The van der Waals surface area contributed by atoms with E-state index in [0.29, 0.717) is 36.7 Å². The van der Waals surface area contributed by atoms with E-state index in [2.05, 4.69) is 27.0 Å². The molecular formula is C18H30N4O2. The number of aryl methyl sites for hydroxylation is 1. The van der Waals surface area contributed by atoms with Crippen molar-refractivity contribution in [3.8, 4) is 0 Å². The number of hydrogen-bond acceptors (Lipinski definition) is 5. The molecule has 0 aliphatic carbocycles. The van der Waals surface area contributed by atoms with Crippen molar-refractivity contribution >= 4 is 5.91 Å². The number of nitrogens with zero attached hydrogens (tertiary/aromatic N) is 4. The summed E-state index contributed by atoms with van der Waals surface area (Å²) < 4.78 is 5.26. The summed E-state index contributed by atoms with van der Waals surface area (Å²) in [6, 6.07) is 0.974. The van der Waals surface area contributed by atoms with E-state index < -0.39 is 0 Å². The minimum absolute atomic E-state index is 0.276. The lowest BCUT2D eigenvalue weighted by Gasteiger charge is -2.33. The fraction of sp³-hybridized carbons (Fsp3) is 0.833. The molecule has 24 heavy (non-hydrogen) atoms. The van der Waals surface area contributed by atoms with Crippen molar-refractivity contribution in [3.05, 3.63) is 11.7 Å². The first kappa shape index (κ1) is 17.4. The van der Waals surface area contributed by atoms with Crippen molar-refractivity contribution in [3.63, 3.8) is 0 Å². The van der Waals surface area contributed by atoms with Crippen LogP contribution in [0.15, 0.2) is 4.52 Å².